The number of nitrogens with one attached hydrogen (secondary N) is 2. The van der Waals surface area contributed by atoms with E-state index in [1.54, 1.807) is 0 Å². The fourth-order valence-corrected chi connectivity index (χ4v) is 4.32. The average molecular weight is 371 g/mol. The molecule has 25 heavy (non-hydrogen) atoms. The Hall–Kier alpha value is -1.11. The first kappa shape index (κ1) is 20.2. The zero-order valence-electron chi connectivity index (χ0n) is 16.1. The number of nitrogens with zero attached hydrogens (tertiary/aromatic N) is 2. The van der Waals surface area contributed by atoms with Gasteiger partial charge in [-0.15, -0.1) is 0 Å². The van der Waals surface area contributed by atoms with Crippen LogP contribution in [0.3, 0.4) is 0 Å². The Balaban J connectivity index is 1.64. The molecule has 7 heteroatoms. The van der Waals surface area contributed by atoms with E-state index in [4.69, 9.17) is 4.74 Å². The number of thioether (sulfide) groups is 1. The normalized spacial score (nSPS) is 22.8. The molecule has 0 radical (unpaired) electrons. The van der Waals surface area contributed by atoms with Gasteiger partial charge < -0.3 is 20.3 Å². The van der Waals surface area contributed by atoms with Crippen LogP contribution in [0.5, 0.6) is 0 Å². The van der Waals surface area contributed by atoms with Gasteiger partial charge in [0.15, 0.2) is 5.96 Å². The Morgan fingerprint density at radius 2 is 1.88 bits per heavy atom. The third-order valence-corrected chi connectivity index (χ3v) is 5.97. The van der Waals surface area contributed by atoms with Gasteiger partial charge in [0.05, 0.1) is 0 Å². The Morgan fingerprint density at radius 1 is 1.20 bits per heavy atom. The lowest BCUT2D eigenvalue weighted by Gasteiger charge is -2.33. The number of rotatable bonds is 4. The van der Waals surface area contributed by atoms with Gasteiger partial charge in [0.1, 0.15) is 5.60 Å². The highest BCUT2D eigenvalue weighted by Crippen LogP contribution is 2.25. The lowest BCUT2D eigenvalue weighted by Crippen LogP contribution is -2.46. The molecule has 2 rings (SSSR count). The van der Waals surface area contributed by atoms with Gasteiger partial charge in [0, 0.05) is 38.5 Å². The first-order valence-corrected chi connectivity index (χ1v) is 10.5. The first-order chi connectivity index (χ1) is 11.9. The molecule has 2 fully saturated rings. The van der Waals surface area contributed by atoms with Gasteiger partial charge in [-0.25, -0.2) is 4.79 Å². The summed E-state index contributed by atoms with van der Waals surface area (Å²) >= 11 is 2.05. The quantitative estimate of drug-likeness (QED) is 0.588. The molecule has 0 aromatic rings. The van der Waals surface area contributed by atoms with E-state index >= 15 is 0 Å². The maximum Gasteiger partial charge on any atom is 0.410 e. The van der Waals surface area contributed by atoms with Crippen molar-refractivity contribution in [2.24, 2.45) is 10.9 Å². The topological polar surface area (TPSA) is 66.0 Å². The Morgan fingerprint density at radius 3 is 2.44 bits per heavy atom. The summed E-state index contributed by atoms with van der Waals surface area (Å²) in [5.74, 6) is 2.74. The van der Waals surface area contributed by atoms with Crippen molar-refractivity contribution >= 4 is 23.8 Å². The summed E-state index contributed by atoms with van der Waals surface area (Å²) in [5.41, 5.74) is -0.425. The molecule has 1 atom stereocenters. The minimum Gasteiger partial charge on any atom is -0.444 e. The Kier molecular flexibility index (Phi) is 7.72. The van der Waals surface area contributed by atoms with Gasteiger partial charge in [-0.2, -0.15) is 11.8 Å². The highest BCUT2D eigenvalue weighted by molar-refractivity contribution is 8.00. The second kappa shape index (κ2) is 9.55. The number of guanidine groups is 1. The number of piperidine rings is 1. The van der Waals surface area contributed by atoms with Gasteiger partial charge in [-0.1, -0.05) is 0 Å². The summed E-state index contributed by atoms with van der Waals surface area (Å²) < 4.78 is 5.45. The van der Waals surface area contributed by atoms with Crippen LogP contribution in [0.1, 0.15) is 46.5 Å². The van der Waals surface area contributed by atoms with E-state index in [0.29, 0.717) is 5.92 Å². The molecule has 2 N–H and O–H groups in total. The molecule has 2 heterocycles. The number of ether oxygens (including phenoxy) is 1. The molecule has 2 aliphatic rings. The highest BCUT2D eigenvalue weighted by Gasteiger charge is 2.26. The summed E-state index contributed by atoms with van der Waals surface area (Å²) in [7, 11) is 1.82. The maximum atomic E-state index is 12.1. The van der Waals surface area contributed by atoms with E-state index < -0.39 is 5.60 Å². The number of hydrogen-bond acceptors (Lipinski definition) is 4. The van der Waals surface area contributed by atoms with Crippen molar-refractivity contribution in [3.8, 4) is 0 Å². The number of likely N-dealkylation sites (tertiary alicyclic amines) is 1. The average Bonchev–Trinajstić information content (AvgIpc) is 3.07. The number of amides is 1. The monoisotopic (exact) mass is 370 g/mol. The van der Waals surface area contributed by atoms with E-state index in [1.165, 1.54) is 18.6 Å². The van der Waals surface area contributed by atoms with Crippen LogP contribution in [0.2, 0.25) is 0 Å². The van der Waals surface area contributed by atoms with Crippen LogP contribution in [-0.2, 0) is 4.74 Å². The van der Waals surface area contributed by atoms with Gasteiger partial charge in [0.2, 0.25) is 0 Å². The minimum atomic E-state index is -0.425. The molecule has 1 amide bonds. The summed E-state index contributed by atoms with van der Waals surface area (Å²) in [4.78, 5) is 18.2. The van der Waals surface area contributed by atoms with Crippen molar-refractivity contribution in [2.75, 3.05) is 39.0 Å². The molecule has 2 saturated heterocycles. The number of carbonyl (C=O) groups is 1. The first-order valence-electron chi connectivity index (χ1n) is 9.41. The zero-order valence-corrected chi connectivity index (χ0v) is 17.0. The standard InChI is InChI=1S/C18H34N4O2S/c1-18(2,3)24-17(23)22-9-7-14(8-10-22)12-20-16(19-4)21-13-15-6-5-11-25-15/h14-15H,5-13H2,1-4H3,(H2,19,20,21). The Bertz CT molecular complexity index is 450. The van der Waals surface area contributed by atoms with Crippen LogP contribution in [-0.4, -0.2) is 66.8 Å². The Labute approximate surface area is 156 Å². The lowest BCUT2D eigenvalue weighted by atomic mass is 9.97. The summed E-state index contributed by atoms with van der Waals surface area (Å²) in [6.07, 6.45) is 4.45. The van der Waals surface area contributed by atoms with Crippen molar-refractivity contribution in [2.45, 2.75) is 57.3 Å². The molecule has 0 bridgehead atoms. The third kappa shape index (κ3) is 7.34. The summed E-state index contributed by atoms with van der Waals surface area (Å²) in [5, 5.41) is 7.60. The summed E-state index contributed by atoms with van der Waals surface area (Å²) in [6.45, 7) is 9.15. The molecule has 144 valence electrons. The molecule has 6 nitrogen and oxygen atoms in total. The van der Waals surface area contributed by atoms with Crippen molar-refractivity contribution in [3.05, 3.63) is 0 Å². The van der Waals surface area contributed by atoms with Crippen molar-refractivity contribution in [3.63, 3.8) is 0 Å². The van der Waals surface area contributed by atoms with Crippen LogP contribution >= 0.6 is 11.8 Å². The maximum absolute atomic E-state index is 12.1. The molecule has 0 spiro atoms. The fourth-order valence-electron chi connectivity index (χ4n) is 3.12. The van der Waals surface area contributed by atoms with E-state index in [0.717, 1.165) is 50.2 Å². The van der Waals surface area contributed by atoms with Crippen LogP contribution in [0, 0.1) is 5.92 Å². The van der Waals surface area contributed by atoms with Crippen molar-refractivity contribution < 1.29 is 9.53 Å². The lowest BCUT2D eigenvalue weighted by molar-refractivity contribution is 0.0185. The second-order valence-electron chi connectivity index (χ2n) is 7.88. The van der Waals surface area contributed by atoms with Crippen LogP contribution in [0.15, 0.2) is 4.99 Å². The third-order valence-electron chi connectivity index (χ3n) is 4.57. The fraction of sp³-hybridized carbons (Fsp3) is 0.889. The van der Waals surface area contributed by atoms with Gasteiger partial charge in [0.25, 0.3) is 0 Å². The van der Waals surface area contributed by atoms with E-state index in [1.807, 2.05) is 32.7 Å². The van der Waals surface area contributed by atoms with Gasteiger partial charge in [-0.3, -0.25) is 4.99 Å². The molecule has 1 unspecified atom stereocenters. The molecule has 0 aromatic heterocycles. The highest BCUT2D eigenvalue weighted by atomic mass is 32.2. The summed E-state index contributed by atoms with van der Waals surface area (Å²) in [6, 6.07) is 0. The SMILES string of the molecule is CN=C(NCC1CCN(C(=O)OC(C)(C)C)CC1)NCC1CCCS1. The molecule has 0 aromatic carbocycles. The van der Waals surface area contributed by atoms with Crippen molar-refractivity contribution in [1.82, 2.24) is 15.5 Å². The van der Waals surface area contributed by atoms with Crippen molar-refractivity contribution in [1.29, 1.82) is 0 Å². The van der Waals surface area contributed by atoms with E-state index in [2.05, 4.69) is 27.4 Å². The van der Waals surface area contributed by atoms with Gasteiger partial charge in [-0.05, 0) is 58.1 Å². The predicted octanol–water partition coefficient (Wildman–Crippen LogP) is 2.69. The molecule has 0 aliphatic carbocycles. The van der Waals surface area contributed by atoms with E-state index in [-0.39, 0.29) is 6.09 Å². The largest absolute Gasteiger partial charge is 0.444 e. The number of carbonyl (C=O) groups excluding carboxylic acids is 1. The minimum absolute atomic E-state index is 0.189. The van der Waals surface area contributed by atoms with Crippen LogP contribution in [0.4, 0.5) is 4.79 Å². The molecular formula is C18H34N4O2S. The smallest absolute Gasteiger partial charge is 0.410 e. The molecular weight excluding hydrogens is 336 g/mol. The van der Waals surface area contributed by atoms with Crippen LogP contribution in [0.25, 0.3) is 0 Å². The van der Waals surface area contributed by atoms with Gasteiger partial charge >= 0.3 is 6.09 Å². The van der Waals surface area contributed by atoms with E-state index in [9.17, 15) is 4.79 Å². The number of aliphatic imine (C=N–C) groups is 1. The van der Waals surface area contributed by atoms with Crippen LogP contribution < -0.4 is 10.6 Å². The second-order valence-corrected chi connectivity index (χ2v) is 9.29. The predicted molar refractivity (Wildman–Crippen MR) is 105 cm³/mol. The number of hydrogen-bond donors (Lipinski definition) is 2. The molecule has 0 saturated carbocycles. The molecule has 2 aliphatic heterocycles. The zero-order chi connectivity index (χ0) is 18.3.